The second kappa shape index (κ2) is 8.58. The van der Waals surface area contributed by atoms with Crippen molar-refractivity contribution in [2.75, 3.05) is 13.1 Å². The maximum Gasteiger partial charge on any atom is -0.00171 e. The predicted molar refractivity (Wildman–Crippen MR) is 95.0 cm³/mol. The molecule has 1 unspecified atom stereocenters. The minimum absolute atomic E-state index is 0.729. The summed E-state index contributed by atoms with van der Waals surface area (Å²) in [6, 6.07) is 4.66. The Morgan fingerprint density at radius 2 is 1.43 bits per heavy atom. The van der Waals surface area contributed by atoms with Crippen LogP contribution in [0.1, 0.15) is 56.4 Å². The lowest BCUT2D eigenvalue weighted by atomic mass is 9.86. The fourth-order valence-electron chi connectivity index (χ4n) is 3.30. The molecule has 0 saturated carbocycles. The van der Waals surface area contributed by atoms with Crippen molar-refractivity contribution in [2.45, 2.75) is 61.3 Å². The van der Waals surface area contributed by atoms with Gasteiger partial charge >= 0.3 is 0 Å². The van der Waals surface area contributed by atoms with Crippen molar-refractivity contribution in [3.63, 3.8) is 0 Å². The summed E-state index contributed by atoms with van der Waals surface area (Å²) >= 11 is 0. The standard InChI is InChI=1S/C20H35N/c1-14(2)8-19(13-21-12-15(3)4)11-20-17(6)9-16(5)10-18(20)7/h9-10,14-15,19,21H,8,11-13H2,1-7H3. The molecule has 1 N–H and O–H groups in total. The molecule has 120 valence electrons. The van der Waals surface area contributed by atoms with Crippen LogP contribution in [-0.4, -0.2) is 13.1 Å². The molecular formula is C20H35N. The third-order valence-corrected chi connectivity index (χ3v) is 4.12. The van der Waals surface area contributed by atoms with Crippen LogP contribution in [-0.2, 0) is 6.42 Å². The SMILES string of the molecule is Cc1cc(C)c(CC(CNCC(C)C)CC(C)C)c(C)c1. The molecule has 1 aromatic rings. The number of nitrogens with one attached hydrogen (secondary N) is 1. The number of hydrogen-bond acceptors (Lipinski definition) is 1. The van der Waals surface area contributed by atoms with Gasteiger partial charge in [0.1, 0.15) is 0 Å². The summed E-state index contributed by atoms with van der Waals surface area (Å²) < 4.78 is 0. The second-order valence-electron chi connectivity index (χ2n) is 7.63. The van der Waals surface area contributed by atoms with E-state index in [4.69, 9.17) is 0 Å². The molecule has 0 heterocycles. The highest BCUT2D eigenvalue weighted by Gasteiger charge is 2.15. The van der Waals surface area contributed by atoms with Crippen molar-refractivity contribution < 1.29 is 0 Å². The Kier molecular flexibility index (Phi) is 7.45. The smallest absolute Gasteiger partial charge is 0.00171 e. The Labute approximate surface area is 132 Å². The molecule has 1 heteroatoms. The third kappa shape index (κ3) is 6.65. The summed E-state index contributed by atoms with van der Waals surface area (Å²) in [5, 5.41) is 3.66. The van der Waals surface area contributed by atoms with E-state index in [0.717, 1.165) is 30.8 Å². The summed E-state index contributed by atoms with van der Waals surface area (Å²) in [4.78, 5) is 0. The van der Waals surface area contributed by atoms with Gasteiger partial charge in [-0.25, -0.2) is 0 Å². The lowest BCUT2D eigenvalue weighted by Crippen LogP contribution is -2.28. The van der Waals surface area contributed by atoms with E-state index in [2.05, 4.69) is 65.9 Å². The van der Waals surface area contributed by atoms with Crippen molar-refractivity contribution in [2.24, 2.45) is 17.8 Å². The molecule has 0 spiro atoms. The van der Waals surface area contributed by atoms with Crippen molar-refractivity contribution in [3.05, 3.63) is 34.4 Å². The second-order valence-corrected chi connectivity index (χ2v) is 7.63. The van der Waals surface area contributed by atoms with Crippen LogP contribution in [0.5, 0.6) is 0 Å². The first-order valence-electron chi connectivity index (χ1n) is 8.57. The van der Waals surface area contributed by atoms with Gasteiger partial charge in [-0.1, -0.05) is 45.4 Å². The van der Waals surface area contributed by atoms with E-state index in [9.17, 15) is 0 Å². The Morgan fingerprint density at radius 3 is 1.90 bits per heavy atom. The summed E-state index contributed by atoms with van der Waals surface area (Å²) in [6.45, 7) is 18.2. The minimum Gasteiger partial charge on any atom is -0.316 e. The monoisotopic (exact) mass is 289 g/mol. The van der Waals surface area contributed by atoms with Crippen LogP contribution in [0.2, 0.25) is 0 Å². The summed E-state index contributed by atoms with van der Waals surface area (Å²) in [5.74, 6) is 2.23. The Hall–Kier alpha value is -0.820. The van der Waals surface area contributed by atoms with Gasteiger partial charge in [-0.15, -0.1) is 0 Å². The van der Waals surface area contributed by atoms with Gasteiger partial charge in [-0.2, -0.15) is 0 Å². The first-order valence-corrected chi connectivity index (χ1v) is 8.57. The quantitative estimate of drug-likeness (QED) is 0.705. The Balaban J connectivity index is 2.76. The number of hydrogen-bond donors (Lipinski definition) is 1. The molecule has 0 amide bonds. The molecule has 0 aliphatic carbocycles. The fourth-order valence-corrected chi connectivity index (χ4v) is 3.30. The molecule has 1 rings (SSSR count). The van der Waals surface area contributed by atoms with Gasteiger partial charge < -0.3 is 5.32 Å². The molecule has 0 saturated heterocycles. The van der Waals surface area contributed by atoms with Gasteiger partial charge in [0, 0.05) is 0 Å². The minimum atomic E-state index is 0.729. The van der Waals surface area contributed by atoms with Gasteiger partial charge in [0.25, 0.3) is 0 Å². The van der Waals surface area contributed by atoms with Crippen LogP contribution in [0.25, 0.3) is 0 Å². The maximum absolute atomic E-state index is 3.66. The van der Waals surface area contributed by atoms with Crippen LogP contribution in [0.3, 0.4) is 0 Å². The lowest BCUT2D eigenvalue weighted by Gasteiger charge is -2.23. The summed E-state index contributed by atoms with van der Waals surface area (Å²) in [7, 11) is 0. The number of rotatable bonds is 8. The first kappa shape index (κ1) is 18.2. The molecular weight excluding hydrogens is 254 g/mol. The zero-order valence-electron chi connectivity index (χ0n) is 15.2. The van der Waals surface area contributed by atoms with E-state index in [1.165, 1.54) is 29.5 Å². The topological polar surface area (TPSA) is 12.0 Å². The van der Waals surface area contributed by atoms with E-state index in [1.807, 2.05) is 0 Å². The molecule has 1 atom stereocenters. The number of benzene rings is 1. The van der Waals surface area contributed by atoms with E-state index >= 15 is 0 Å². The van der Waals surface area contributed by atoms with Crippen LogP contribution in [0.15, 0.2) is 12.1 Å². The molecule has 0 aromatic heterocycles. The van der Waals surface area contributed by atoms with E-state index < -0.39 is 0 Å². The van der Waals surface area contributed by atoms with E-state index in [0.29, 0.717) is 0 Å². The molecule has 1 aromatic carbocycles. The highest BCUT2D eigenvalue weighted by molar-refractivity contribution is 5.37. The summed E-state index contributed by atoms with van der Waals surface area (Å²) in [5.41, 5.74) is 5.87. The van der Waals surface area contributed by atoms with Gasteiger partial charge in [0.05, 0.1) is 0 Å². The van der Waals surface area contributed by atoms with Crippen molar-refractivity contribution in [1.82, 2.24) is 5.32 Å². The van der Waals surface area contributed by atoms with Gasteiger partial charge in [0.15, 0.2) is 0 Å². The molecule has 0 fully saturated rings. The van der Waals surface area contributed by atoms with Crippen molar-refractivity contribution >= 4 is 0 Å². The van der Waals surface area contributed by atoms with Crippen LogP contribution in [0, 0.1) is 38.5 Å². The average Bonchev–Trinajstić information content (AvgIpc) is 2.32. The van der Waals surface area contributed by atoms with Gasteiger partial charge in [-0.3, -0.25) is 0 Å². The first-order chi connectivity index (χ1) is 9.79. The molecule has 1 nitrogen and oxygen atoms in total. The highest BCUT2D eigenvalue weighted by Crippen LogP contribution is 2.23. The Morgan fingerprint density at radius 1 is 0.857 bits per heavy atom. The molecule has 21 heavy (non-hydrogen) atoms. The van der Waals surface area contributed by atoms with Crippen molar-refractivity contribution in [1.29, 1.82) is 0 Å². The summed E-state index contributed by atoms with van der Waals surface area (Å²) in [6.07, 6.45) is 2.51. The zero-order chi connectivity index (χ0) is 16.0. The normalized spacial score (nSPS) is 13.2. The maximum atomic E-state index is 3.66. The van der Waals surface area contributed by atoms with Gasteiger partial charge in [0.2, 0.25) is 0 Å². The van der Waals surface area contributed by atoms with Crippen molar-refractivity contribution in [3.8, 4) is 0 Å². The average molecular weight is 290 g/mol. The largest absolute Gasteiger partial charge is 0.316 e. The Bertz CT molecular complexity index is 408. The van der Waals surface area contributed by atoms with E-state index in [1.54, 1.807) is 5.56 Å². The van der Waals surface area contributed by atoms with Crippen LogP contribution >= 0.6 is 0 Å². The van der Waals surface area contributed by atoms with Gasteiger partial charge in [-0.05, 0) is 81.1 Å². The lowest BCUT2D eigenvalue weighted by molar-refractivity contribution is 0.375. The molecule has 0 aliphatic rings. The van der Waals surface area contributed by atoms with Crippen LogP contribution in [0.4, 0.5) is 0 Å². The highest BCUT2D eigenvalue weighted by atomic mass is 14.9. The zero-order valence-corrected chi connectivity index (χ0v) is 15.2. The van der Waals surface area contributed by atoms with E-state index in [-0.39, 0.29) is 0 Å². The molecule has 0 bridgehead atoms. The molecule has 0 aliphatic heterocycles. The number of aryl methyl sites for hydroxylation is 3. The van der Waals surface area contributed by atoms with Crippen LogP contribution < -0.4 is 5.32 Å². The third-order valence-electron chi connectivity index (χ3n) is 4.12. The fraction of sp³-hybridized carbons (Fsp3) is 0.700. The predicted octanol–water partition coefficient (Wildman–Crippen LogP) is 5.06. The molecule has 0 radical (unpaired) electrons.